The van der Waals surface area contributed by atoms with Gasteiger partial charge in [-0.2, -0.15) is 15.3 Å². The van der Waals surface area contributed by atoms with Crippen molar-refractivity contribution in [2.45, 2.75) is 156 Å². The first-order valence-corrected chi connectivity index (χ1v) is 43.3. The summed E-state index contributed by atoms with van der Waals surface area (Å²) in [5.74, 6) is -3.08. The molecule has 133 heavy (non-hydrogen) atoms. The predicted octanol–water partition coefficient (Wildman–Crippen LogP) is 10.5. The number of benzene rings is 7. The molecule has 0 unspecified atom stereocenters. The molecular weight excluding hydrogens is 1720 g/mol. The van der Waals surface area contributed by atoms with Gasteiger partial charge < -0.3 is 108 Å². The molecule has 0 spiro atoms. The highest BCUT2D eigenvalue weighted by atomic mass is 16.6. The van der Waals surface area contributed by atoms with Gasteiger partial charge in [0.05, 0.1) is 41.2 Å². The molecule has 0 saturated heterocycles. The first kappa shape index (κ1) is 96.8. The second-order valence-corrected chi connectivity index (χ2v) is 32.2. The zero-order chi connectivity index (χ0) is 95.0. The smallest absolute Gasteiger partial charge is 0.522 e. The van der Waals surface area contributed by atoms with Crippen LogP contribution in [0.4, 0.5) is 0 Å². The molecule has 36 nitrogen and oxygen atoms in total. The number of hydrogen-bond acceptors (Lipinski definition) is 28. The number of fused-ring (bicyclic) bond motifs is 8. The van der Waals surface area contributed by atoms with E-state index in [1.54, 1.807) is 81.1 Å². The molecule has 0 fully saturated rings. The van der Waals surface area contributed by atoms with E-state index < -0.39 is 92.8 Å². The molecule has 0 saturated carbocycles. The van der Waals surface area contributed by atoms with Gasteiger partial charge in [-0.3, -0.25) is 4.98 Å². The minimum absolute atomic E-state index is 0.00389. The van der Waals surface area contributed by atoms with Crippen LogP contribution in [-0.2, 0) is 57.8 Å². The second kappa shape index (κ2) is 44.0. The molecule has 9 aliphatic heterocycles. The minimum Gasteiger partial charge on any atom is -0.536 e. The van der Waals surface area contributed by atoms with Gasteiger partial charge >= 0.3 is 92.8 Å². The lowest BCUT2D eigenvalue weighted by Gasteiger charge is -2.23. The van der Waals surface area contributed by atoms with Crippen LogP contribution in [0, 0.1) is 27.7 Å². The normalized spacial score (nSPS) is 15.1. The number of carboxylic acids is 6. The van der Waals surface area contributed by atoms with E-state index in [9.17, 15) is 89.4 Å². The Morgan fingerprint density at radius 2 is 0.767 bits per heavy atom. The summed E-state index contributed by atoms with van der Waals surface area (Å²) >= 11 is 0. The molecule has 0 atom stereocenters. The molecule has 44 heteroatoms. The second-order valence-electron chi connectivity index (χ2n) is 32.2. The zero-order valence-corrected chi connectivity index (χ0v) is 73.2. The highest BCUT2D eigenvalue weighted by molar-refractivity contribution is 6.47. The van der Waals surface area contributed by atoms with Crippen molar-refractivity contribution >= 4 is 104 Å². The summed E-state index contributed by atoms with van der Waals surface area (Å²) in [4.78, 5) is 72.4. The molecule has 12 heterocycles. The Bertz CT molecular complexity index is 6020. The summed E-state index contributed by atoms with van der Waals surface area (Å²) in [6.07, 6.45) is 26.5. The average Bonchev–Trinajstić information content (AvgIpc) is 1.78. The van der Waals surface area contributed by atoms with E-state index in [2.05, 4.69) is 30.6 Å². The summed E-state index contributed by atoms with van der Waals surface area (Å²) in [5.41, 5.74) is 15.3. The van der Waals surface area contributed by atoms with Crippen molar-refractivity contribution in [3.8, 4) is 57.4 Å². The summed E-state index contributed by atoms with van der Waals surface area (Å²) in [7, 11) is -6.86. The Kier molecular flexibility index (Phi) is 32.0. The van der Waals surface area contributed by atoms with Gasteiger partial charge in [0.15, 0.2) is 0 Å². The zero-order valence-electron chi connectivity index (χ0n) is 73.2. The van der Waals surface area contributed by atoms with E-state index in [1.165, 1.54) is 14.9 Å². The fourth-order valence-corrected chi connectivity index (χ4v) is 16.3. The molecule has 10 aromatic rings. The Morgan fingerprint density at radius 1 is 0.391 bits per heavy atom. The number of nitrogens with zero attached hydrogens (tertiary/aromatic N) is 8. The average molecular weight is 1810 g/mol. The van der Waals surface area contributed by atoms with Gasteiger partial charge in [0.25, 0.3) is 0 Å². The lowest BCUT2D eigenvalue weighted by atomic mass is 9.77. The highest BCUT2D eigenvalue weighted by Gasteiger charge is 2.38. The SMILES string of the molecule is CCCc1cn(-c2ccc3c(c2C(=O)O)OB(O)CC3)nn1.Cc1ccc2c(c1C(=O)O)OB(O)CC2.Cc1ccc2c(c1C(=O)O)OB(O)CC2.Cc1cccc2c1OB(O)CC2.Cc1nccc2c1OB(O)CC2.O=C(O)c1c(-n2cccn2)ccc2c1OB(O)CC2.O=C(O)c1c(C2=CC=CC2)ccc2c1OB(O)CC2.O=C(O)c1c(C2=CCN=N2)ccc2c1OB(O)CC2. The number of carbonyl (C=O) groups is 6. The third-order valence-corrected chi connectivity index (χ3v) is 22.8. The molecule has 0 radical (unpaired) electrons. The number of pyridine rings is 1. The molecule has 14 N–H and O–H groups in total. The molecule has 0 amide bonds. The predicted molar refractivity (Wildman–Crippen MR) is 492 cm³/mol. The fraction of sp³-hybridized carbons (Fsp3) is 0.281. The first-order chi connectivity index (χ1) is 63.8. The maximum Gasteiger partial charge on any atom is 0.522 e. The minimum atomic E-state index is -1.12. The Labute approximate surface area is 766 Å². The standard InChI is InChI=1S/C14H16BN3O4.C14H13BO4.2C12H11BN2O4.2C10H11BO4.C9H11BO2.C8H10BNO2/c1-2-3-10-8-18(17-16-10)11-5-4-9-6-7-15(21)22-13(9)12(11)14(19)20;16-14(17)12-11(9-3-1-2-4-9)6-5-10-7-8-15(18)19-13(10)12;16-12(17)10-9(15-7-1-6-14-15)3-2-8-4-5-13(18)19-11(8)10;16-12(17)10-8(9-4-6-14-15-9)2-1-7-3-5-13(18)19-11(7)10;2*1-6-2-3-7-4-5-11(14)15-9(7)8(6)10(12)13;1-7-3-2-4-8-5-6-10(11)12-9(7)8;1-6-8-7(3-5-10-6)2-4-9(11)12-8/h4-5,8,21H,2-3,6-7H2,1H3,(H,19,20);1-3,5-6,18H,4,7-8H2,(H,16,17);1-3,6-7,18H,4-5H2,(H,16,17);1-2,4,18H,3,5-6H2,(H,16,17);2*2-3,14H,4-5H2,1H3,(H,12,13);2-4,11H,5-6H2,1H3;3,5,11H,2,4H2,1H3. The molecule has 20 rings (SSSR count). The number of aromatic carboxylic acids is 6. The van der Waals surface area contributed by atoms with Crippen LogP contribution in [-0.4, -0.2) is 200 Å². The number of aryl methyl sites for hydroxylation is 13. The van der Waals surface area contributed by atoms with Crippen molar-refractivity contribution in [2.24, 2.45) is 10.2 Å². The van der Waals surface area contributed by atoms with Gasteiger partial charge in [0.2, 0.25) is 0 Å². The maximum absolute atomic E-state index is 11.7. The van der Waals surface area contributed by atoms with Crippen LogP contribution in [0.2, 0.25) is 50.6 Å². The number of azo groups is 1. The van der Waals surface area contributed by atoms with Crippen molar-refractivity contribution in [1.29, 1.82) is 0 Å². The lowest BCUT2D eigenvalue weighted by Crippen LogP contribution is -2.28. The van der Waals surface area contributed by atoms with E-state index in [0.29, 0.717) is 152 Å². The van der Waals surface area contributed by atoms with Gasteiger partial charge in [-0.1, -0.05) is 116 Å². The molecule has 682 valence electrons. The van der Waals surface area contributed by atoms with Gasteiger partial charge in [0.1, 0.15) is 79.4 Å². The van der Waals surface area contributed by atoms with Crippen molar-refractivity contribution < 1.29 is 137 Å². The van der Waals surface area contributed by atoms with Crippen LogP contribution in [0.25, 0.3) is 22.6 Å². The number of allylic oxidation sites excluding steroid dienone is 4. The van der Waals surface area contributed by atoms with Gasteiger partial charge in [-0.05, 0) is 245 Å². The van der Waals surface area contributed by atoms with Gasteiger partial charge in [0, 0.05) is 24.2 Å². The van der Waals surface area contributed by atoms with Crippen LogP contribution in [0.1, 0.15) is 166 Å². The third kappa shape index (κ3) is 23.4. The van der Waals surface area contributed by atoms with E-state index >= 15 is 0 Å². The van der Waals surface area contributed by atoms with Crippen LogP contribution < -0.4 is 37.2 Å². The van der Waals surface area contributed by atoms with E-state index in [4.69, 9.17) is 47.4 Å². The Hall–Kier alpha value is -13.7. The molecule has 0 bridgehead atoms. The van der Waals surface area contributed by atoms with Crippen LogP contribution in [0.15, 0.2) is 162 Å². The van der Waals surface area contributed by atoms with Crippen molar-refractivity contribution in [3.05, 3.63) is 269 Å². The monoisotopic (exact) mass is 1810 g/mol. The number of carboxylic acid groups (broad SMARTS) is 6. The van der Waals surface area contributed by atoms with Gasteiger partial charge in [-0.15, -0.1) is 5.10 Å². The Morgan fingerprint density at radius 3 is 1.17 bits per heavy atom. The molecule has 1 aliphatic carbocycles. The number of rotatable bonds is 12. The lowest BCUT2D eigenvalue weighted by molar-refractivity contribution is 0.0682. The van der Waals surface area contributed by atoms with Crippen LogP contribution in [0.3, 0.4) is 0 Å². The quantitative estimate of drug-likeness (QED) is 0.0505. The van der Waals surface area contributed by atoms with Crippen molar-refractivity contribution in [1.82, 2.24) is 29.8 Å². The number of hydrogen-bond donors (Lipinski definition) is 14. The largest absolute Gasteiger partial charge is 0.536 e. The Balaban J connectivity index is 0.000000130. The first-order valence-electron chi connectivity index (χ1n) is 43.3. The van der Waals surface area contributed by atoms with E-state index in [1.807, 2.05) is 106 Å². The van der Waals surface area contributed by atoms with Crippen LogP contribution in [0.5, 0.6) is 46.0 Å². The van der Waals surface area contributed by atoms with Gasteiger partial charge in [-0.25, -0.2) is 38.1 Å². The van der Waals surface area contributed by atoms with Crippen molar-refractivity contribution in [3.63, 3.8) is 0 Å². The van der Waals surface area contributed by atoms with Crippen molar-refractivity contribution in [2.75, 3.05) is 6.54 Å². The van der Waals surface area contributed by atoms with E-state index in [-0.39, 0.29) is 50.6 Å². The summed E-state index contributed by atoms with van der Waals surface area (Å²) in [6.45, 7) is 9.81. The molecule has 7 aromatic carbocycles. The van der Waals surface area contributed by atoms with E-state index in [0.717, 1.165) is 105 Å². The summed E-state index contributed by atoms with van der Waals surface area (Å²) < 4.78 is 45.1. The number of para-hydroxylation sites is 1. The summed E-state index contributed by atoms with van der Waals surface area (Å²) in [6, 6.07) is 31.2. The molecular formula is C89H94B8N8O28. The molecule has 3 aromatic heterocycles. The summed E-state index contributed by atoms with van der Waals surface area (Å²) in [5, 5.41) is 151. The molecule has 10 aliphatic rings. The third-order valence-electron chi connectivity index (χ3n) is 22.8. The number of aromatic nitrogens is 6. The fourth-order valence-electron chi connectivity index (χ4n) is 16.3. The van der Waals surface area contributed by atoms with Crippen LogP contribution >= 0.6 is 0 Å². The topological polar surface area (TPSA) is 546 Å². The highest BCUT2D eigenvalue weighted by Crippen LogP contribution is 2.43. The maximum atomic E-state index is 11.7.